The number of aliphatic hydroxyl groups is 1. The smallest absolute Gasteiger partial charge is 0.410 e. The molecule has 4 aliphatic heterocycles. The molecule has 0 spiro atoms. The van der Waals surface area contributed by atoms with Crippen LogP contribution < -0.4 is 38.9 Å². The molecule has 32 nitrogen and oxygen atoms in total. The van der Waals surface area contributed by atoms with Crippen molar-refractivity contribution in [2.45, 2.75) is 223 Å². The van der Waals surface area contributed by atoms with Gasteiger partial charge in [-0.25, -0.2) is 63.7 Å². The highest BCUT2D eigenvalue weighted by Gasteiger charge is 2.52. The van der Waals surface area contributed by atoms with E-state index in [4.69, 9.17) is 74.0 Å². The van der Waals surface area contributed by atoms with Gasteiger partial charge in [-0.15, -0.1) is 0 Å². The number of aliphatic imine (C=N–C) groups is 1. The van der Waals surface area contributed by atoms with Crippen molar-refractivity contribution < 1.29 is 126 Å². The number of aryl methyl sites for hydroxylation is 1. The number of carbonyl (C=O) groups excluding carboxylic acids is 4. The zero-order valence-corrected chi connectivity index (χ0v) is 67.6. The molecule has 8 rings (SSSR count). The van der Waals surface area contributed by atoms with E-state index in [1.54, 1.807) is 113 Å². The van der Waals surface area contributed by atoms with Gasteiger partial charge in [-0.05, 0) is 108 Å². The molecule has 680 valence electrons. The van der Waals surface area contributed by atoms with Crippen LogP contribution in [0.1, 0.15) is 168 Å². The van der Waals surface area contributed by atoms with Gasteiger partial charge < -0.3 is 87.4 Å². The van der Waals surface area contributed by atoms with Gasteiger partial charge in [0, 0.05) is 89.9 Å². The van der Waals surface area contributed by atoms with E-state index in [2.05, 4.69) is 9.73 Å². The topological polar surface area (TPSA) is 402 Å². The first kappa shape index (κ1) is 111. The van der Waals surface area contributed by atoms with Crippen LogP contribution in [0.4, 0.5) is 81.4 Å². The number of amides is 4. The van der Waals surface area contributed by atoms with E-state index in [0.717, 1.165) is 49.4 Å². The molecule has 4 aliphatic rings. The first-order valence-electron chi connectivity index (χ1n) is 35.4. The number of nitrogens with two attached hydrogens (primary N) is 1. The molecule has 4 aromatic rings. The minimum atomic E-state index is -3.42. The van der Waals surface area contributed by atoms with Crippen LogP contribution in [0.5, 0.6) is 40.2 Å². The number of rotatable bonds is 14. The Morgan fingerprint density at radius 1 is 0.488 bits per heavy atom. The van der Waals surface area contributed by atoms with E-state index in [-0.39, 0.29) is 146 Å². The van der Waals surface area contributed by atoms with Crippen molar-refractivity contribution in [3.63, 3.8) is 0 Å². The number of aliphatic hydroxyl groups excluding tert-OH is 1. The van der Waals surface area contributed by atoms with Crippen LogP contribution in [-0.2, 0) is 18.9 Å². The van der Waals surface area contributed by atoms with Gasteiger partial charge in [-0.1, -0.05) is 37.1 Å². The maximum absolute atomic E-state index is 14.8. The largest absolute Gasteiger partial charge is 0.493 e. The normalized spacial score (nSPS) is 17.8. The zero-order chi connectivity index (χ0) is 88.4. The minimum Gasteiger partial charge on any atom is -0.493 e. The average molecular weight is 1740 g/mol. The quantitative estimate of drug-likeness (QED) is 0.0225. The number of benzene rings is 4. The summed E-state index contributed by atoms with van der Waals surface area (Å²) in [5.74, 6) is -14.0. The number of nitro benzene ring substituents is 2. The van der Waals surface area contributed by atoms with Gasteiger partial charge in [0.1, 0.15) is 57.8 Å². The molecule has 4 fully saturated rings. The molecule has 3 N–H and O–H groups in total. The first-order chi connectivity index (χ1) is 53.4. The molecule has 4 saturated heterocycles. The Morgan fingerprint density at radius 3 is 1.07 bits per heavy atom. The Hall–Kier alpha value is -11.6. The van der Waals surface area contributed by atoms with Crippen LogP contribution in [0.25, 0.3) is 0 Å². The molecular weight excluding hydrogens is 1620 g/mol. The lowest BCUT2D eigenvalue weighted by atomic mass is 10.0. The summed E-state index contributed by atoms with van der Waals surface area (Å²) in [7, 11) is 8.87. The van der Waals surface area contributed by atoms with Gasteiger partial charge >= 0.3 is 42.1 Å². The van der Waals surface area contributed by atoms with Crippen LogP contribution in [-0.4, -0.2) is 236 Å². The number of ether oxygens (including phenoxy) is 11. The summed E-state index contributed by atoms with van der Waals surface area (Å²) in [6.45, 7) is 18.7. The van der Waals surface area contributed by atoms with Crippen molar-refractivity contribution in [1.29, 1.82) is 15.8 Å². The summed E-state index contributed by atoms with van der Waals surface area (Å²) < 4.78 is 184. The fourth-order valence-electron chi connectivity index (χ4n) is 10.6. The number of piperidine rings is 4. The number of hydrogen-bond acceptors (Lipinski definition) is 25. The standard InChI is InChI=1S/C21H31F2N3O4.C18H21F2N3O6.C18H23F2N3O4.C10H17F2NO3.C8H5FN2O3.5CH4/c1-14-10-17(16(28-7)11-15(14)24-13-25(5)6)29-18-8-9-26(12-21(18,22)23)19(27)30-20(2,3)4;1-17(2,3)29-16(24)22-6-5-15(18(19,20)10-22)28-14-7-11(9-21)12(23(25)26)8-13(14)27-4;1-17(2,3)27-16(24)23-6-5-15(18(19,20)10-23)26-14-7-11(9-21)12(22)8-13(14)25-4;1-9(2,3)16-8(15)13-5-4-7(14)10(11,12)6-13;1-14-8-3-7(11(12)13)5(4-10)2-6(8)9;;;;;/h10-11,13,18H,8-9,12H2,1-7H3;7-8,15H,5-6,10H2,1-4H3;7-8,15H,5-6,10,22H2,1-4H3;7,14H,4-6H2,1-3H3;2-3H,1H3;5*1H4. The van der Waals surface area contributed by atoms with Crippen molar-refractivity contribution in [3.8, 4) is 58.5 Å². The summed E-state index contributed by atoms with van der Waals surface area (Å²) in [4.78, 5) is 77.6. The van der Waals surface area contributed by atoms with Gasteiger partial charge in [0.15, 0.2) is 64.4 Å². The highest BCUT2D eigenvalue weighted by molar-refractivity contribution is 5.71. The fourth-order valence-corrected chi connectivity index (χ4v) is 10.6. The summed E-state index contributed by atoms with van der Waals surface area (Å²) in [5.41, 5.74) is 2.66. The molecule has 4 unspecified atom stereocenters. The third kappa shape index (κ3) is 33.5. The molecule has 4 amide bonds. The molecule has 121 heavy (non-hydrogen) atoms. The number of nitriles is 3. The van der Waals surface area contributed by atoms with Crippen molar-refractivity contribution in [1.82, 2.24) is 24.5 Å². The number of halogens is 9. The van der Waals surface area contributed by atoms with Gasteiger partial charge in [-0.3, -0.25) is 20.2 Å². The number of alkyl halides is 8. The van der Waals surface area contributed by atoms with Gasteiger partial charge in [0.05, 0.1) is 99.9 Å². The summed E-state index contributed by atoms with van der Waals surface area (Å²) in [6.07, 6.45) is -8.18. The number of nitrogen functional groups attached to an aromatic ring is 1. The molecule has 41 heteroatoms. The zero-order valence-electron chi connectivity index (χ0n) is 67.6. The molecular formula is C80H117F9N12O20. The van der Waals surface area contributed by atoms with E-state index in [0.29, 0.717) is 11.4 Å². The van der Waals surface area contributed by atoms with Crippen molar-refractivity contribution in [2.24, 2.45) is 4.99 Å². The van der Waals surface area contributed by atoms with Crippen LogP contribution in [0.3, 0.4) is 0 Å². The molecule has 0 aliphatic carbocycles. The fraction of sp³-hybridized carbons (Fsp3) is 0.600. The lowest BCUT2D eigenvalue weighted by Gasteiger charge is -2.38. The lowest BCUT2D eigenvalue weighted by Crippen LogP contribution is -2.56. The van der Waals surface area contributed by atoms with Crippen molar-refractivity contribution >= 4 is 53.5 Å². The van der Waals surface area contributed by atoms with E-state index >= 15 is 0 Å². The van der Waals surface area contributed by atoms with Gasteiger partial charge in [0.25, 0.3) is 17.3 Å². The average Bonchev–Trinajstić information content (AvgIpc) is 0.553. The van der Waals surface area contributed by atoms with Crippen LogP contribution in [0, 0.1) is 67.0 Å². The highest BCUT2D eigenvalue weighted by Crippen LogP contribution is 2.43. The number of nitro groups is 2. The van der Waals surface area contributed by atoms with Crippen molar-refractivity contribution in [3.05, 3.63) is 96.8 Å². The number of likely N-dealkylation sites (tertiary alicyclic amines) is 4. The number of nitrogens with zero attached hydrogens (tertiary/aromatic N) is 11. The van der Waals surface area contributed by atoms with E-state index in [1.807, 2.05) is 27.1 Å². The number of hydrogen-bond donors (Lipinski definition) is 2. The molecule has 4 aromatic carbocycles. The SMILES string of the molecule is C.C.C.C.C.CC(C)(C)OC(=O)N1CCC(O)C(F)(F)C1.COc1cc(N)c(C#N)cc1OC1CCN(C(=O)OC(C)(C)C)CC1(F)F.COc1cc(N=CN(C)C)c(C)cc1OC1CCN(C(=O)OC(C)(C)C)CC1(F)F.COc1cc([N+](=O)[O-])c(C#N)cc1F.COc1cc([N+](=O)[O-])c(C#N)cc1OC1CCN(C(=O)OC(C)(C)C)CC1(F)F. The maximum atomic E-state index is 14.8. The predicted octanol–water partition coefficient (Wildman–Crippen LogP) is 17.3. The Balaban J connectivity index is 0. The molecule has 0 radical (unpaired) electrons. The van der Waals surface area contributed by atoms with E-state index in [9.17, 15) is 78.9 Å². The summed E-state index contributed by atoms with van der Waals surface area (Å²) in [6, 6.07) is 14.5. The summed E-state index contributed by atoms with van der Waals surface area (Å²) >= 11 is 0. The van der Waals surface area contributed by atoms with Gasteiger partial charge in [0.2, 0.25) is 0 Å². The van der Waals surface area contributed by atoms with Crippen LogP contribution in [0.2, 0.25) is 0 Å². The first-order valence-corrected chi connectivity index (χ1v) is 35.4. The van der Waals surface area contributed by atoms with E-state index < -0.39 is 148 Å². The molecule has 4 atom stereocenters. The molecule has 0 saturated carbocycles. The second-order valence-corrected chi connectivity index (χ2v) is 30.6. The third-order valence-electron chi connectivity index (χ3n) is 16.1. The Kier molecular flexibility index (Phi) is 42.1. The number of carbonyl (C=O) groups is 4. The Bertz CT molecular complexity index is 4310. The second-order valence-electron chi connectivity index (χ2n) is 30.6. The Morgan fingerprint density at radius 2 is 0.777 bits per heavy atom. The maximum Gasteiger partial charge on any atom is 0.410 e. The molecule has 0 bridgehead atoms. The number of methoxy groups -OCH3 is 4. The minimum absolute atomic E-state index is 0. The Labute approximate surface area is 701 Å². The molecule has 4 heterocycles. The van der Waals surface area contributed by atoms with E-state index in [1.165, 1.54) is 46.6 Å². The van der Waals surface area contributed by atoms with Crippen LogP contribution >= 0.6 is 0 Å². The predicted molar refractivity (Wildman–Crippen MR) is 433 cm³/mol. The van der Waals surface area contributed by atoms with Crippen LogP contribution in [0.15, 0.2) is 53.5 Å². The summed E-state index contributed by atoms with van der Waals surface area (Å²) in [5, 5.41) is 57.2. The monoisotopic (exact) mass is 1740 g/mol. The third-order valence-corrected chi connectivity index (χ3v) is 16.1. The number of anilines is 1. The van der Waals surface area contributed by atoms with Gasteiger partial charge in [-0.2, -0.15) is 15.8 Å². The second kappa shape index (κ2) is 45.7. The molecule has 0 aromatic heterocycles. The highest BCUT2D eigenvalue weighted by atomic mass is 19.3. The van der Waals surface area contributed by atoms with Crippen molar-refractivity contribution in [2.75, 3.05) is 101 Å². The lowest BCUT2D eigenvalue weighted by molar-refractivity contribution is -0.385.